The van der Waals surface area contributed by atoms with Crippen LogP contribution < -0.4 is 0 Å². The van der Waals surface area contributed by atoms with Crippen LogP contribution in [0, 0.1) is 11.3 Å². The van der Waals surface area contributed by atoms with Gasteiger partial charge in [-0.25, -0.2) is 4.98 Å². The number of likely N-dealkylation sites (tertiary alicyclic amines) is 1. The molecule has 1 aliphatic heterocycles. The minimum atomic E-state index is 0.163. The van der Waals surface area contributed by atoms with Crippen LogP contribution in [0.15, 0.2) is 24.3 Å². The summed E-state index contributed by atoms with van der Waals surface area (Å²) < 4.78 is 1.22. The highest BCUT2D eigenvalue weighted by Crippen LogP contribution is 2.37. The summed E-state index contributed by atoms with van der Waals surface area (Å²) in [5.41, 5.74) is 1.22. The molecule has 2 aromatic rings. The van der Waals surface area contributed by atoms with E-state index in [2.05, 4.69) is 50.8 Å². The van der Waals surface area contributed by atoms with E-state index in [9.17, 15) is 4.79 Å². The molecule has 0 spiro atoms. The molecule has 3 rings (SSSR count). The van der Waals surface area contributed by atoms with Gasteiger partial charge in [-0.15, -0.1) is 11.3 Å². The third-order valence-corrected chi connectivity index (χ3v) is 6.52. The predicted octanol–water partition coefficient (Wildman–Crippen LogP) is 5.42. The molecule has 1 aromatic carbocycles. The van der Waals surface area contributed by atoms with E-state index in [-0.39, 0.29) is 11.5 Å². The van der Waals surface area contributed by atoms with Crippen LogP contribution in [0.4, 0.5) is 0 Å². The Kier molecular flexibility index (Phi) is 4.95. The maximum atomic E-state index is 13.0. The van der Waals surface area contributed by atoms with Crippen molar-refractivity contribution in [1.82, 2.24) is 9.88 Å². The molecule has 1 saturated heterocycles. The molecule has 3 nitrogen and oxygen atoms in total. The fourth-order valence-electron chi connectivity index (χ4n) is 3.20. The molecule has 0 bridgehead atoms. The van der Waals surface area contributed by atoms with E-state index in [4.69, 9.17) is 4.98 Å². The zero-order chi connectivity index (χ0) is 17.3. The normalized spacial score (nSPS) is 20.3. The molecule has 1 amide bonds. The molecule has 2 heterocycles. The Morgan fingerprint density at radius 2 is 2.08 bits per heavy atom. The number of thiazole rings is 1. The van der Waals surface area contributed by atoms with Crippen molar-refractivity contribution in [2.24, 2.45) is 11.3 Å². The summed E-state index contributed by atoms with van der Waals surface area (Å²) in [6.07, 6.45) is 3.95. The first-order valence-electron chi connectivity index (χ1n) is 9.01. The molecule has 0 aliphatic carbocycles. The molecule has 1 fully saturated rings. The number of carbonyl (C=O) groups excluding carboxylic acids is 1. The molecule has 130 valence electrons. The third kappa shape index (κ3) is 3.64. The van der Waals surface area contributed by atoms with Gasteiger partial charge >= 0.3 is 0 Å². The number of carbonyl (C=O) groups is 1. The first kappa shape index (κ1) is 17.4. The average Bonchev–Trinajstić information content (AvgIpc) is 2.97. The van der Waals surface area contributed by atoms with Gasteiger partial charge in [-0.2, -0.15) is 0 Å². The zero-order valence-electron chi connectivity index (χ0n) is 15.2. The van der Waals surface area contributed by atoms with Crippen molar-refractivity contribution in [2.75, 3.05) is 6.54 Å². The number of hydrogen-bond acceptors (Lipinski definition) is 3. The van der Waals surface area contributed by atoms with Crippen LogP contribution in [0.25, 0.3) is 10.2 Å². The summed E-state index contributed by atoms with van der Waals surface area (Å²) >= 11 is 1.74. The summed E-state index contributed by atoms with van der Waals surface area (Å²) in [6, 6.07) is 8.43. The van der Waals surface area contributed by atoms with Crippen molar-refractivity contribution >= 4 is 27.5 Å². The average molecular weight is 345 g/mol. The van der Waals surface area contributed by atoms with E-state index in [1.54, 1.807) is 11.3 Å². The van der Waals surface area contributed by atoms with Gasteiger partial charge in [-0.1, -0.05) is 39.8 Å². The van der Waals surface area contributed by atoms with E-state index in [1.807, 2.05) is 6.07 Å². The molecule has 4 heteroatoms. The lowest BCUT2D eigenvalue weighted by molar-refractivity contribution is -0.136. The van der Waals surface area contributed by atoms with Gasteiger partial charge in [0.25, 0.3) is 0 Å². The number of benzene rings is 1. The molecule has 0 N–H and O–H groups in total. The fraction of sp³-hybridized carbons (Fsp3) is 0.600. The maximum absolute atomic E-state index is 13.0. The van der Waals surface area contributed by atoms with Crippen LogP contribution in [0.3, 0.4) is 0 Å². The van der Waals surface area contributed by atoms with Crippen LogP contribution >= 0.6 is 11.3 Å². The Labute approximate surface area is 149 Å². The molecule has 24 heavy (non-hydrogen) atoms. The van der Waals surface area contributed by atoms with Gasteiger partial charge in [0.05, 0.1) is 16.3 Å². The van der Waals surface area contributed by atoms with Crippen molar-refractivity contribution < 1.29 is 4.79 Å². The lowest BCUT2D eigenvalue weighted by Gasteiger charge is -2.36. The molecule has 1 aliphatic rings. The monoisotopic (exact) mass is 344 g/mol. The van der Waals surface area contributed by atoms with E-state index in [0.717, 1.165) is 29.9 Å². The molecule has 2 atom stereocenters. The van der Waals surface area contributed by atoms with Crippen LogP contribution in [0.5, 0.6) is 0 Å². The van der Waals surface area contributed by atoms with E-state index < -0.39 is 0 Å². The standard InChI is InChI=1S/C20H28N2OS/c1-14(20(2,3)4)13-18(23)22-12-8-7-10-16(22)19-21-15-9-5-6-11-17(15)24-19/h5-6,9,11,14,16H,7-8,10,12-13H2,1-4H3. The first-order chi connectivity index (χ1) is 11.4. The molecule has 1 aromatic heterocycles. The number of piperidine rings is 1. The van der Waals surface area contributed by atoms with Crippen molar-refractivity contribution in [3.8, 4) is 0 Å². The third-order valence-electron chi connectivity index (χ3n) is 5.38. The Morgan fingerprint density at radius 3 is 2.79 bits per heavy atom. The van der Waals surface area contributed by atoms with E-state index in [1.165, 1.54) is 11.1 Å². The SMILES string of the molecule is CC(CC(=O)N1CCCCC1c1nc2ccccc2s1)C(C)(C)C. The topological polar surface area (TPSA) is 33.2 Å². The lowest BCUT2D eigenvalue weighted by atomic mass is 9.80. The Hall–Kier alpha value is -1.42. The second-order valence-corrected chi connectivity index (χ2v) is 9.15. The summed E-state index contributed by atoms with van der Waals surface area (Å²) in [4.78, 5) is 19.9. The fourth-order valence-corrected chi connectivity index (χ4v) is 4.32. The van der Waals surface area contributed by atoms with Crippen LogP contribution in [-0.2, 0) is 4.79 Å². The highest BCUT2D eigenvalue weighted by atomic mass is 32.1. The van der Waals surface area contributed by atoms with Crippen molar-refractivity contribution in [3.05, 3.63) is 29.3 Å². The molecule has 0 radical (unpaired) electrons. The number of nitrogens with zero attached hydrogens (tertiary/aromatic N) is 2. The second kappa shape index (κ2) is 6.83. The Morgan fingerprint density at radius 1 is 1.33 bits per heavy atom. The summed E-state index contributed by atoms with van der Waals surface area (Å²) in [5, 5.41) is 1.10. The quantitative estimate of drug-likeness (QED) is 0.744. The molecule has 2 unspecified atom stereocenters. The number of amides is 1. The van der Waals surface area contributed by atoms with Gasteiger partial charge < -0.3 is 4.90 Å². The molecular weight excluding hydrogens is 316 g/mol. The van der Waals surface area contributed by atoms with E-state index in [0.29, 0.717) is 18.2 Å². The first-order valence-corrected chi connectivity index (χ1v) is 9.83. The van der Waals surface area contributed by atoms with E-state index >= 15 is 0 Å². The number of aromatic nitrogens is 1. The van der Waals surface area contributed by atoms with Gasteiger partial charge in [0.2, 0.25) is 5.91 Å². The minimum absolute atomic E-state index is 0.163. The van der Waals surface area contributed by atoms with Crippen LogP contribution in [-0.4, -0.2) is 22.3 Å². The number of para-hydroxylation sites is 1. The van der Waals surface area contributed by atoms with Crippen LogP contribution in [0.1, 0.15) is 64.4 Å². The minimum Gasteiger partial charge on any atom is -0.333 e. The largest absolute Gasteiger partial charge is 0.333 e. The zero-order valence-corrected chi connectivity index (χ0v) is 16.0. The van der Waals surface area contributed by atoms with Crippen molar-refractivity contribution in [1.29, 1.82) is 0 Å². The highest BCUT2D eigenvalue weighted by Gasteiger charge is 2.32. The maximum Gasteiger partial charge on any atom is 0.223 e. The Bertz CT molecular complexity index is 683. The van der Waals surface area contributed by atoms with Crippen LogP contribution in [0.2, 0.25) is 0 Å². The van der Waals surface area contributed by atoms with Crippen molar-refractivity contribution in [2.45, 2.75) is 59.4 Å². The van der Waals surface area contributed by atoms with Gasteiger partial charge in [0.15, 0.2) is 0 Å². The Balaban J connectivity index is 1.81. The van der Waals surface area contributed by atoms with Gasteiger partial charge in [0.1, 0.15) is 5.01 Å². The van der Waals surface area contributed by atoms with Crippen molar-refractivity contribution in [3.63, 3.8) is 0 Å². The number of rotatable bonds is 3. The summed E-state index contributed by atoms with van der Waals surface area (Å²) in [7, 11) is 0. The van der Waals surface area contributed by atoms with Gasteiger partial charge in [-0.05, 0) is 42.7 Å². The smallest absolute Gasteiger partial charge is 0.223 e. The highest BCUT2D eigenvalue weighted by molar-refractivity contribution is 7.18. The second-order valence-electron chi connectivity index (χ2n) is 8.09. The molecule has 0 saturated carbocycles. The van der Waals surface area contributed by atoms with Gasteiger partial charge in [-0.3, -0.25) is 4.79 Å². The lowest BCUT2D eigenvalue weighted by Crippen LogP contribution is -2.40. The summed E-state index contributed by atoms with van der Waals surface area (Å²) in [6.45, 7) is 9.70. The summed E-state index contributed by atoms with van der Waals surface area (Å²) in [5.74, 6) is 0.671. The predicted molar refractivity (Wildman–Crippen MR) is 101 cm³/mol. The number of fused-ring (bicyclic) bond motifs is 1. The molecular formula is C20H28N2OS. The number of hydrogen-bond donors (Lipinski definition) is 0. The van der Waals surface area contributed by atoms with Gasteiger partial charge in [0, 0.05) is 13.0 Å².